The van der Waals surface area contributed by atoms with Crippen LogP contribution < -0.4 is 0 Å². The Bertz CT molecular complexity index is 548. The minimum atomic E-state index is 0.178. The summed E-state index contributed by atoms with van der Waals surface area (Å²) in [4.78, 5) is 16.1. The molecule has 2 atom stereocenters. The first-order chi connectivity index (χ1) is 10.7. The fraction of sp³-hybridized carbons (Fsp3) is 0.611. The predicted molar refractivity (Wildman–Crippen MR) is 90.4 cm³/mol. The molecule has 0 unspecified atom stereocenters. The zero-order valence-corrected chi connectivity index (χ0v) is 14.3. The van der Waals surface area contributed by atoms with Crippen LogP contribution in [0.25, 0.3) is 0 Å². The van der Waals surface area contributed by atoms with Gasteiger partial charge >= 0.3 is 0 Å². The van der Waals surface area contributed by atoms with Crippen molar-refractivity contribution in [2.75, 3.05) is 26.5 Å². The molecule has 1 amide bonds. The van der Waals surface area contributed by atoms with Crippen molar-refractivity contribution in [3.05, 3.63) is 29.8 Å². The number of carbonyl (C=O) groups is 1. The van der Waals surface area contributed by atoms with Crippen molar-refractivity contribution in [2.24, 2.45) is 5.41 Å². The Hall–Kier alpha value is -1.00. The third-order valence-electron chi connectivity index (χ3n) is 5.32. The molecule has 2 fully saturated rings. The molecule has 120 valence electrons. The van der Waals surface area contributed by atoms with Gasteiger partial charge in [-0.3, -0.25) is 4.79 Å². The molecule has 1 aliphatic carbocycles. The molecule has 0 aromatic heterocycles. The first-order valence-electron chi connectivity index (χ1n) is 8.15. The van der Waals surface area contributed by atoms with E-state index in [0.717, 1.165) is 36.4 Å². The van der Waals surface area contributed by atoms with Gasteiger partial charge in [-0.05, 0) is 50.1 Å². The number of thioether (sulfide) groups is 1. The minimum Gasteiger partial charge on any atom is -0.381 e. The van der Waals surface area contributed by atoms with Crippen molar-refractivity contribution >= 4 is 17.7 Å². The van der Waals surface area contributed by atoms with E-state index in [2.05, 4.69) is 11.0 Å². The van der Waals surface area contributed by atoms with Crippen molar-refractivity contribution in [3.8, 4) is 0 Å². The second kappa shape index (κ2) is 6.63. The Morgan fingerprint density at radius 2 is 2.18 bits per heavy atom. The molecule has 3 nitrogen and oxygen atoms in total. The van der Waals surface area contributed by atoms with Gasteiger partial charge < -0.3 is 9.64 Å². The van der Waals surface area contributed by atoms with Gasteiger partial charge in [-0.1, -0.05) is 12.5 Å². The third kappa shape index (κ3) is 2.91. The number of ether oxygens (including phenoxy) is 1. The molecule has 1 aromatic carbocycles. The number of benzene rings is 1. The highest BCUT2D eigenvalue weighted by atomic mass is 32.2. The van der Waals surface area contributed by atoms with Crippen LogP contribution in [0.15, 0.2) is 29.2 Å². The molecular weight excluding hydrogens is 294 g/mol. The molecule has 0 N–H and O–H groups in total. The maximum Gasteiger partial charge on any atom is 0.253 e. The molecule has 22 heavy (non-hydrogen) atoms. The number of hydrogen-bond acceptors (Lipinski definition) is 3. The topological polar surface area (TPSA) is 29.5 Å². The lowest BCUT2D eigenvalue weighted by Crippen LogP contribution is -2.49. The fourth-order valence-corrected chi connectivity index (χ4v) is 4.67. The fourth-order valence-electron chi connectivity index (χ4n) is 4.21. The molecule has 1 heterocycles. The Labute approximate surface area is 137 Å². The largest absolute Gasteiger partial charge is 0.381 e. The molecule has 1 saturated heterocycles. The molecule has 1 aliphatic heterocycles. The van der Waals surface area contributed by atoms with Crippen LogP contribution in [0.3, 0.4) is 0 Å². The summed E-state index contributed by atoms with van der Waals surface area (Å²) >= 11 is 1.68. The van der Waals surface area contributed by atoms with Crippen LogP contribution >= 0.6 is 11.8 Å². The lowest BCUT2D eigenvalue weighted by molar-refractivity contribution is -0.0295. The summed E-state index contributed by atoms with van der Waals surface area (Å²) in [5.41, 5.74) is 1.01. The van der Waals surface area contributed by atoms with Gasteiger partial charge in [0, 0.05) is 36.1 Å². The normalized spacial score (nSPS) is 28.3. The Morgan fingerprint density at radius 1 is 1.36 bits per heavy atom. The van der Waals surface area contributed by atoms with E-state index in [1.165, 1.54) is 19.3 Å². The Morgan fingerprint density at radius 3 is 2.95 bits per heavy atom. The number of hydrogen-bond donors (Lipinski definition) is 0. The SMILES string of the molecule is CO[C@@H]1CCC[C@@]12CCCN(C(=O)c1cccc(SC)c1)C2. The van der Waals surface area contributed by atoms with Crippen LogP contribution in [0.2, 0.25) is 0 Å². The van der Waals surface area contributed by atoms with Gasteiger partial charge in [-0.25, -0.2) is 0 Å². The van der Waals surface area contributed by atoms with Gasteiger partial charge in [0.1, 0.15) is 0 Å². The highest BCUT2D eigenvalue weighted by Crippen LogP contribution is 2.46. The van der Waals surface area contributed by atoms with Gasteiger partial charge in [-0.2, -0.15) is 0 Å². The first-order valence-corrected chi connectivity index (χ1v) is 9.37. The number of amides is 1. The minimum absolute atomic E-state index is 0.178. The summed E-state index contributed by atoms with van der Waals surface area (Å²) in [5, 5.41) is 0. The molecule has 0 bridgehead atoms. The molecule has 1 saturated carbocycles. The monoisotopic (exact) mass is 319 g/mol. The van der Waals surface area contributed by atoms with E-state index in [1.54, 1.807) is 11.8 Å². The van der Waals surface area contributed by atoms with Gasteiger partial charge in [-0.15, -0.1) is 11.8 Å². The van der Waals surface area contributed by atoms with Crippen LogP contribution in [0.5, 0.6) is 0 Å². The van der Waals surface area contributed by atoms with E-state index in [9.17, 15) is 4.79 Å². The maximum atomic E-state index is 12.9. The zero-order chi connectivity index (χ0) is 15.6. The highest BCUT2D eigenvalue weighted by Gasteiger charge is 2.46. The number of nitrogens with zero attached hydrogens (tertiary/aromatic N) is 1. The highest BCUT2D eigenvalue weighted by molar-refractivity contribution is 7.98. The summed E-state index contributed by atoms with van der Waals surface area (Å²) in [6, 6.07) is 7.98. The number of carbonyl (C=O) groups excluding carboxylic acids is 1. The average Bonchev–Trinajstić information content (AvgIpc) is 2.96. The summed E-state index contributed by atoms with van der Waals surface area (Å²) in [5.74, 6) is 0.178. The van der Waals surface area contributed by atoms with Crippen LogP contribution in [-0.2, 0) is 4.74 Å². The predicted octanol–water partition coefficient (Wildman–Crippen LogP) is 3.83. The van der Waals surface area contributed by atoms with Crippen LogP contribution in [-0.4, -0.2) is 43.4 Å². The van der Waals surface area contributed by atoms with E-state index in [4.69, 9.17) is 4.74 Å². The second-order valence-corrected chi connectivity index (χ2v) is 7.42. The van der Waals surface area contributed by atoms with Crippen LogP contribution in [0.4, 0.5) is 0 Å². The standard InChI is InChI=1S/C18H25NO2S/c1-21-16-8-4-9-18(16)10-5-11-19(13-18)17(20)14-6-3-7-15(12-14)22-2/h3,6-7,12,16H,4-5,8-11,13H2,1-2H3/t16-,18+/m1/s1. The summed E-state index contributed by atoms with van der Waals surface area (Å²) in [6.45, 7) is 1.73. The number of methoxy groups -OCH3 is 1. The second-order valence-electron chi connectivity index (χ2n) is 6.54. The first kappa shape index (κ1) is 15.9. The molecule has 4 heteroatoms. The van der Waals surface area contributed by atoms with E-state index in [1.807, 2.05) is 31.6 Å². The third-order valence-corrected chi connectivity index (χ3v) is 6.05. The molecule has 0 radical (unpaired) electrons. The molecular formula is C18H25NO2S. The summed E-state index contributed by atoms with van der Waals surface area (Å²) in [7, 11) is 1.82. The molecule has 2 aliphatic rings. The van der Waals surface area contributed by atoms with Crippen molar-refractivity contribution < 1.29 is 9.53 Å². The van der Waals surface area contributed by atoms with Gasteiger partial charge in [0.2, 0.25) is 0 Å². The number of likely N-dealkylation sites (tertiary alicyclic amines) is 1. The van der Waals surface area contributed by atoms with Crippen molar-refractivity contribution in [3.63, 3.8) is 0 Å². The quantitative estimate of drug-likeness (QED) is 0.793. The summed E-state index contributed by atoms with van der Waals surface area (Å²) in [6.07, 6.45) is 8.21. The van der Waals surface area contributed by atoms with E-state index in [0.29, 0.717) is 6.10 Å². The Balaban J connectivity index is 1.78. The van der Waals surface area contributed by atoms with Crippen LogP contribution in [0, 0.1) is 5.41 Å². The molecule has 1 spiro atoms. The molecule has 3 rings (SSSR count). The van der Waals surface area contributed by atoms with Crippen molar-refractivity contribution in [1.29, 1.82) is 0 Å². The smallest absolute Gasteiger partial charge is 0.253 e. The van der Waals surface area contributed by atoms with Crippen molar-refractivity contribution in [2.45, 2.75) is 43.1 Å². The summed E-state index contributed by atoms with van der Waals surface area (Å²) < 4.78 is 5.73. The van der Waals surface area contributed by atoms with Gasteiger partial charge in [0.15, 0.2) is 0 Å². The lowest BCUT2D eigenvalue weighted by atomic mass is 9.76. The van der Waals surface area contributed by atoms with E-state index >= 15 is 0 Å². The Kier molecular flexibility index (Phi) is 4.79. The number of piperidine rings is 1. The lowest BCUT2D eigenvalue weighted by Gasteiger charge is -2.43. The molecule has 1 aromatic rings. The zero-order valence-electron chi connectivity index (χ0n) is 13.5. The van der Waals surface area contributed by atoms with Crippen LogP contribution in [0.1, 0.15) is 42.5 Å². The van der Waals surface area contributed by atoms with Crippen molar-refractivity contribution in [1.82, 2.24) is 4.90 Å². The van der Waals surface area contributed by atoms with Gasteiger partial charge in [0.25, 0.3) is 5.91 Å². The average molecular weight is 319 g/mol. The van der Waals surface area contributed by atoms with E-state index < -0.39 is 0 Å². The van der Waals surface area contributed by atoms with Gasteiger partial charge in [0.05, 0.1) is 6.10 Å². The number of rotatable bonds is 3. The van der Waals surface area contributed by atoms with E-state index in [-0.39, 0.29) is 11.3 Å². The maximum absolute atomic E-state index is 12.9.